The lowest BCUT2D eigenvalue weighted by Gasteiger charge is -2.27. The fourth-order valence-electron chi connectivity index (χ4n) is 2.44. The van der Waals surface area contributed by atoms with Crippen molar-refractivity contribution >= 4 is 5.82 Å². The summed E-state index contributed by atoms with van der Waals surface area (Å²) in [6.45, 7) is 2.66. The molecule has 5 heteroatoms. The maximum absolute atomic E-state index is 5.67. The van der Waals surface area contributed by atoms with Crippen LogP contribution in [0.2, 0.25) is 0 Å². The van der Waals surface area contributed by atoms with Gasteiger partial charge >= 0.3 is 0 Å². The third-order valence-electron chi connectivity index (χ3n) is 3.50. The van der Waals surface area contributed by atoms with Gasteiger partial charge in [0.2, 0.25) is 5.88 Å². The first kappa shape index (κ1) is 12.7. The monoisotopic (exact) mass is 271 g/mol. The Bertz CT molecular complexity index is 616. The van der Waals surface area contributed by atoms with Gasteiger partial charge in [0.05, 0.1) is 25.3 Å². The summed E-state index contributed by atoms with van der Waals surface area (Å²) in [6, 6.07) is 8.28. The van der Waals surface area contributed by atoms with Crippen molar-refractivity contribution in [3.05, 3.63) is 41.7 Å². The summed E-state index contributed by atoms with van der Waals surface area (Å²) < 4.78 is 10.9. The molecule has 2 aromatic rings. The fraction of sp³-hybridized carbons (Fsp3) is 0.333. The van der Waals surface area contributed by atoms with Gasteiger partial charge in [-0.05, 0) is 13.0 Å². The fourth-order valence-corrected chi connectivity index (χ4v) is 2.44. The maximum atomic E-state index is 5.67. The third-order valence-corrected chi connectivity index (χ3v) is 3.50. The first-order valence-electron chi connectivity index (χ1n) is 6.63. The van der Waals surface area contributed by atoms with E-state index in [1.807, 2.05) is 25.1 Å². The van der Waals surface area contributed by atoms with E-state index in [2.05, 4.69) is 21.4 Å². The number of para-hydroxylation sites is 1. The Morgan fingerprint density at radius 2 is 2.15 bits per heavy atom. The molecule has 0 fully saturated rings. The van der Waals surface area contributed by atoms with E-state index >= 15 is 0 Å². The highest BCUT2D eigenvalue weighted by molar-refractivity contribution is 5.51. The molecule has 3 rings (SSSR count). The molecular formula is C15H17N3O2. The molecule has 1 N–H and O–H groups in total. The number of hydrogen-bond donors (Lipinski definition) is 1. The van der Waals surface area contributed by atoms with Gasteiger partial charge in [-0.25, -0.2) is 9.97 Å². The molecule has 0 saturated carbocycles. The van der Waals surface area contributed by atoms with Gasteiger partial charge in [-0.15, -0.1) is 0 Å². The Kier molecular flexibility index (Phi) is 3.41. The molecule has 0 aliphatic carbocycles. The largest absolute Gasteiger partial charge is 0.493 e. The molecule has 1 aromatic carbocycles. The molecule has 0 amide bonds. The highest BCUT2D eigenvalue weighted by atomic mass is 16.5. The molecule has 104 valence electrons. The van der Waals surface area contributed by atoms with Crippen LogP contribution in [-0.2, 0) is 0 Å². The number of nitrogens with zero attached hydrogens (tertiary/aromatic N) is 2. The van der Waals surface area contributed by atoms with Crippen LogP contribution in [0.25, 0.3) is 0 Å². The van der Waals surface area contributed by atoms with Gasteiger partial charge in [0.25, 0.3) is 0 Å². The smallest absolute Gasteiger partial charge is 0.221 e. The van der Waals surface area contributed by atoms with Gasteiger partial charge in [0, 0.05) is 12.0 Å². The molecule has 1 aromatic heterocycles. The van der Waals surface area contributed by atoms with Crippen LogP contribution in [0.4, 0.5) is 5.82 Å². The van der Waals surface area contributed by atoms with Crippen LogP contribution in [0, 0.1) is 6.92 Å². The Morgan fingerprint density at radius 1 is 1.30 bits per heavy atom. The molecule has 0 spiro atoms. The summed E-state index contributed by atoms with van der Waals surface area (Å²) in [4.78, 5) is 8.41. The van der Waals surface area contributed by atoms with Crippen LogP contribution >= 0.6 is 0 Å². The number of nitrogens with one attached hydrogen (secondary N) is 1. The third kappa shape index (κ3) is 2.27. The molecule has 1 unspecified atom stereocenters. The topological polar surface area (TPSA) is 56.3 Å². The maximum Gasteiger partial charge on any atom is 0.221 e. The van der Waals surface area contributed by atoms with E-state index in [1.54, 1.807) is 7.11 Å². The number of anilines is 1. The van der Waals surface area contributed by atoms with Gasteiger partial charge in [-0.1, -0.05) is 18.2 Å². The van der Waals surface area contributed by atoms with Gasteiger partial charge in [-0.2, -0.15) is 0 Å². The van der Waals surface area contributed by atoms with Crippen LogP contribution in [0.15, 0.2) is 30.6 Å². The quantitative estimate of drug-likeness (QED) is 0.930. The lowest BCUT2D eigenvalue weighted by molar-refractivity contribution is 0.274. The summed E-state index contributed by atoms with van der Waals surface area (Å²) in [6.07, 6.45) is 2.42. The van der Waals surface area contributed by atoms with E-state index in [9.17, 15) is 0 Å². The standard InChI is InChI=1S/C15H17N3O2/c1-10-14(16-9-17-15(10)19-2)18-12-7-8-20-13-6-4-3-5-11(12)13/h3-6,9,12H,7-8H2,1-2H3,(H,16,17,18). The zero-order chi connectivity index (χ0) is 13.9. The van der Waals surface area contributed by atoms with Crippen LogP contribution in [0.1, 0.15) is 23.6 Å². The second-order valence-corrected chi connectivity index (χ2v) is 4.73. The predicted molar refractivity (Wildman–Crippen MR) is 76.2 cm³/mol. The lowest BCUT2D eigenvalue weighted by atomic mass is 10.0. The molecule has 0 radical (unpaired) electrons. The average Bonchev–Trinajstić information content (AvgIpc) is 2.50. The Hall–Kier alpha value is -2.30. The SMILES string of the molecule is COc1ncnc(NC2CCOc3ccccc32)c1C. The number of aromatic nitrogens is 2. The number of ether oxygens (including phenoxy) is 2. The number of rotatable bonds is 3. The van der Waals surface area contributed by atoms with Crippen molar-refractivity contribution < 1.29 is 9.47 Å². The van der Waals surface area contributed by atoms with E-state index in [1.165, 1.54) is 6.33 Å². The number of benzene rings is 1. The molecule has 0 bridgehead atoms. The molecule has 2 heterocycles. The molecule has 1 aliphatic heterocycles. The minimum absolute atomic E-state index is 0.193. The highest BCUT2D eigenvalue weighted by Gasteiger charge is 2.22. The first-order valence-corrected chi connectivity index (χ1v) is 6.63. The molecule has 5 nitrogen and oxygen atoms in total. The van der Waals surface area contributed by atoms with Crippen LogP contribution < -0.4 is 14.8 Å². The van der Waals surface area contributed by atoms with E-state index in [-0.39, 0.29) is 6.04 Å². The van der Waals surface area contributed by atoms with Crippen LogP contribution in [-0.4, -0.2) is 23.7 Å². The van der Waals surface area contributed by atoms with Crippen molar-refractivity contribution in [3.8, 4) is 11.6 Å². The van der Waals surface area contributed by atoms with Gasteiger partial charge in [-0.3, -0.25) is 0 Å². The van der Waals surface area contributed by atoms with E-state index in [4.69, 9.17) is 9.47 Å². The zero-order valence-corrected chi connectivity index (χ0v) is 11.6. The Labute approximate surface area is 118 Å². The van der Waals surface area contributed by atoms with Crippen molar-refractivity contribution in [2.24, 2.45) is 0 Å². The predicted octanol–water partition coefficient (Wildman–Crippen LogP) is 2.73. The Balaban J connectivity index is 1.90. The Morgan fingerprint density at radius 3 is 3.00 bits per heavy atom. The number of hydrogen-bond acceptors (Lipinski definition) is 5. The first-order chi connectivity index (χ1) is 9.79. The van der Waals surface area contributed by atoms with Crippen molar-refractivity contribution in [1.82, 2.24) is 9.97 Å². The van der Waals surface area contributed by atoms with Gasteiger partial charge < -0.3 is 14.8 Å². The number of methoxy groups -OCH3 is 1. The second-order valence-electron chi connectivity index (χ2n) is 4.73. The summed E-state index contributed by atoms with van der Waals surface area (Å²) >= 11 is 0. The molecular weight excluding hydrogens is 254 g/mol. The minimum Gasteiger partial charge on any atom is -0.493 e. The molecule has 0 saturated heterocycles. The molecule has 1 atom stereocenters. The van der Waals surface area contributed by atoms with Gasteiger partial charge in [0.15, 0.2) is 0 Å². The van der Waals surface area contributed by atoms with Gasteiger partial charge in [0.1, 0.15) is 17.9 Å². The normalized spacial score (nSPS) is 17.0. The summed E-state index contributed by atoms with van der Waals surface area (Å²) in [5.41, 5.74) is 2.08. The van der Waals surface area contributed by atoms with Crippen molar-refractivity contribution in [1.29, 1.82) is 0 Å². The summed E-state index contributed by atoms with van der Waals surface area (Å²) in [5.74, 6) is 2.34. The van der Waals surface area contributed by atoms with Crippen molar-refractivity contribution in [3.63, 3.8) is 0 Å². The number of fused-ring (bicyclic) bond motifs is 1. The van der Waals surface area contributed by atoms with E-state index in [0.717, 1.165) is 29.1 Å². The lowest BCUT2D eigenvalue weighted by Crippen LogP contribution is -2.21. The van der Waals surface area contributed by atoms with E-state index < -0.39 is 0 Å². The minimum atomic E-state index is 0.193. The van der Waals surface area contributed by atoms with Crippen molar-refractivity contribution in [2.45, 2.75) is 19.4 Å². The average molecular weight is 271 g/mol. The molecule has 20 heavy (non-hydrogen) atoms. The zero-order valence-electron chi connectivity index (χ0n) is 11.6. The van der Waals surface area contributed by atoms with Crippen LogP contribution in [0.5, 0.6) is 11.6 Å². The highest BCUT2D eigenvalue weighted by Crippen LogP contribution is 2.34. The molecule has 1 aliphatic rings. The summed E-state index contributed by atoms with van der Waals surface area (Å²) in [7, 11) is 1.61. The second kappa shape index (κ2) is 5.36. The van der Waals surface area contributed by atoms with Crippen LogP contribution in [0.3, 0.4) is 0 Å². The summed E-state index contributed by atoms with van der Waals surface area (Å²) in [5, 5.41) is 3.47. The van der Waals surface area contributed by atoms with Crippen molar-refractivity contribution in [2.75, 3.05) is 19.0 Å². The van der Waals surface area contributed by atoms with E-state index in [0.29, 0.717) is 12.5 Å².